The predicted molar refractivity (Wildman–Crippen MR) is 145 cm³/mol. The van der Waals surface area contributed by atoms with Gasteiger partial charge >= 0.3 is 5.69 Å². The van der Waals surface area contributed by atoms with E-state index >= 15 is 0 Å². The molecule has 0 aliphatic carbocycles. The molecule has 0 bridgehead atoms. The van der Waals surface area contributed by atoms with E-state index in [1.807, 2.05) is 39.6 Å². The quantitative estimate of drug-likeness (QED) is 0.297. The summed E-state index contributed by atoms with van der Waals surface area (Å²) in [6.07, 6.45) is 8.50. The number of para-hydroxylation sites is 1. The minimum absolute atomic E-state index is 0.00296. The number of benzene rings is 2. The van der Waals surface area contributed by atoms with Gasteiger partial charge in [0.1, 0.15) is 0 Å². The molecule has 188 valence electrons. The molecule has 1 N–H and O–H groups in total. The predicted octanol–water partition coefficient (Wildman–Crippen LogP) is 5.40. The van der Waals surface area contributed by atoms with Gasteiger partial charge in [0, 0.05) is 29.8 Å². The molecule has 0 atom stereocenters. The third-order valence-corrected chi connectivity index (χ3v) is 6.68. The van der Waals surface area contributed by atoms with Gasteiger partial charge in [-0.1, -0.05) is 69.7 Å². The zero-order valence-electron chi connectivity index (χ0n) is 21.4. The molecule has 8 heteroatoms. The van der Waals surface area contributed by atoms with E-state index in [0.717, 1.165) is 52.9 Å². The third-order valence-electron chi connectivity index (χ3n) is 6.68. The van der Waals surface area contributed by atoms with Gasteiger partial charge in [-0.3, -0.25) is 14.1 Å². The first-order valence-corrected chi connectivity index (χ1v) is 12.7. The molecule has 0 spiro atoms. The lowest BCUT2D eigenvalue weighted by Gasteiger charge is -2.12. The molecular weight excluding hydrogens is 462 g/mol. The van der Waals surface area contributed by atoms with Crippen molar-refractivity contribution in [3.8, 4) is 28.2 Å². The molecule has 8 nitrogen and oxygen atoms in total. The van der Waals surface area contributed by atoms with E-state index in [4.69, 9.17) is 0 Å². The fourth-order valence-electron chi connectivity index (χ4n) is 4.69. The van der Waals surface area contributed by atoms with E-state index < -0.39 is 0 Å². The Balaban J connectivity index is 1.49. The average molecular weight is 494 g/mol. The van der Waals surface area contributed by atoms with E-state index in [-0.39, 0.29) is 5.69 Å². The van der Waals surface area contributed by atoms with Gasteiger partial charge in [-0.2, -0.15) is 5.21 Å². The van der Waals surface area contributed by atoms with E-state index in [2.05, 4.69) is 76.7 Å². The fourth-order valence-corrected chi connectivity index (χ4v) is 4.69. The van der Waals surface area contributed by atoms with Crippen LogP contribution in [0.4, 0.5) is 0 Å². The summed E-state index contributed by atoms with van der Waals surface area (Å²) in [5.74, 6) is 0.825. The first-order valence-electron chi connectivity index (χ1n) is 12.7. The number of hydrogen-bond donors (Lipinski definition) is 1. The Morgan fingerprint density at radius 1 is 1.00 bits per heavy atom. The van der Waals surface area contributed by atoms with Gasteiger partial charge in [0.15, 0.2) is 0 Å². The van der Waals surface area contributed by atoms with Gasteiger partial charge in [-0.05, 0) is 58.4 Å². The van der Waals surface area contributed by atoms with Crippen molar-refractivity contribution in [1.82, 2.24) is 34.7 Å². The zero-order chi connectivity index (χ0) is 25.8. The molecular formula is C29H31N7O. The lowest BCUT2D eigenvalue weighted by Crippen LogP contribution is -2.25. The highest BCUT2D eigenvalue weighted by atomic mass is 16.1. The number of unbranched alkanes of at least 4 members (excludes halogenated alkanes) is 1. The Morgan fingerprint density at radius 3 is 2.54 bits per heavy atom. The Hall–Kier alpha value is -4.33. The number of nitrogens with one attached hydrogen (secondary N) is 1. The lowest BCUT2D eigenvalue weighted by molar-refractivity contribution is 0.673. The number of rotatable bonds is 9. The Labute approximate surface area is 216 Å². The lowest BCUT2D eigenvalue weighted by atomic mass is 10.00. The molecule has 37 heavy (non-hydrogen) atoms. The molecule has 0 aliphatic rings. The largest absolute Gasteiger partial charge is 0.333 e. The molecule has 0 fully saturated rings. The van der Waals surface area contributed by atoms with Crippen LogP contribution in [-0.2, 0) is 13.0 Å². The first-order chi connectivity index (χ1) is 18.1. The van der Waals surface area contributed by atoms with Crippen LogP contribution >= 0.6 is 0 Å². The molecule has 0 saturated heterocycles. The van der Waals surface area contributed by atoms with Crippen LogP contribution < -0.4 is 5.69 Å². The molecule has 3 heterocycles. The maximum absolute atomic E-state index is 13.7. The monoisotopic (exact) mass is 493 g/mol. The van der Waals surface area contributed by atoms with Crippen molar-refractivity contribution in [2.24, 2.45) is 0 Å². The van der Waals surface area contributed by atoms with Gasteiger partial charge in [0.05, 0.1) is 12.2 Å². The van der Waals surface area contributed by atoms with Gasteiger partial charge in [-0.25, -0.2) is 4.79 Å². The number of aromatic amines is 1. The van der Waals surface area contributed by atoms with Crippen LogP contribution in [0.25, 0.3) is 28.2 Å². The van der Waals surface area contributed by atoms with E-state index in [9.17, 15) is 4.79 Å². The second-order valence-corrected chi connectivity index (χ2v) is 9.53. The Bertz CT molecular complexity index is 1530. The van der Waals surface area contributed by atoms with Crippen molar-refractivity contribution in [3.63, 3.8) is 0 Å². The standard InChI is InChI=1S/C29H31N7O/c1-4-5-8-23-19-36(27-10-7-6-9-24(27)20(2)3)29(37)35(23)18-21-11-13-22(14-12-21)25-15-16-30-17-26(25)28-31-33-34-32-28/h6-7,9-17,19-20H,4-5,8,18H2,1-3H3,(H,31,32,33,34). The van der Waals surface area contributed by atoms with Crippen LogP contribution in [0.5, 0.6) is 0 Å². The van der Waals surface area contributed by atoms with Crippen molar-refractivity contribution in [2.45, 2.75) is 52.5 Å². The maximum atomic E-state index is 13.7. The summed E-state index contributed by atoms with van der Waals surface area (Å²) in [6.45, 7) is 7.01. The summed E-state index contributed by atoms with van der Waals surface area (Å²) in [5.41, 5.74) is 7.05. The molecule has 0 unspecified atom stereocenters. The topological polar surface area (TPSA) is 94.3 Å². The summed E-state index contributed by atoms with van der Waals surface area (Å²) >= 11 is 0. The second-order valence-electron chi connectivity index (χ2n) is 9.53. The van der Waals surface area contributed by atoms with Crippen molar-refractivity contribution in [3.05, 3.63) is 100 Å². The minimum Gasteiger partial charge on any atom is -0.292 e. The molecule has 3 aromatic heterocycles. The number of aromatic nitrogens is 7. The second kappa shape index (κ2) is 10.7. The number of nitrogens with zero attached hydrogens (tertiary/aromatic N) is 6. The summed E-state index contributed by atoms with van der Waals surface area (Å²) in [4.78, 5) is 17.9. The van der Waals surface area contributed by atoms with Crippen molar-refractivity contribution >= 4 is 0 Å². The van der Waals surface area contributed by atoms with Gasteiger partial charge < -0.3 is 0 Å². The highest BCUT2D eigenvalue weighted by molar-refractivity contribution is 5.79. The van der Waals surface area contributed by atoms with Crippen LogP contribution in [0.2, 0.25) is 0 Å². The third kappa shape index (κ3) is 5.00. The van der Waals surface area contributed by atoms with Gasteiger partial charge in [-0.15, -0.1) is 10.2 Å². The van der Waals surface area contributed by atoms with E-state index in [1.54, 1.807) is 12.4 Å². The van der Waals surface area contributed by atoms with Crippen molar-refractivity contribution < 1.29 is 0 Å². The van der Waals surface area contributed by atoms with Crippen LogP contribution in [0.1, 0.15) is 56.4 Å². The van der Waals surface area contributed by atoms with E-state index in [0.29, 0.717) is 18.3 Å². The molecule has 0 amide bonds. The van der Waals surface area contributed by atoms with Crippen LogP contribution in [0.15, 0.2) is 78.0 Å². The first kappa shape index (κ1) is 24.4. The average Bonchev–Trinajstić information content (AvgIpc) is 3.57. The molecule has 0 aliphatic heterocycles. The molecule has 5 rings (SSSR count). The SMILES string of the molecule is CCCCc1cn(-c2ccccc2C(C)C)c(=O)n1Cc1ccc(-c2ccncc2-c2nn[nH]n2)cc1. The summed E-state index contributed by atoms with van der Waals surface area (Å²) < 4.78 is 3.74. The van der Waals surface area contributed by atoms with Gasteiger partial charge in [0.2, 0.25) is 5.82 Å². The van der Waals surface area contributed by atoms with Crippen molar-refractivity contribution in [1.29, 1.82) is 0 Å². The van der Waals surface area contributed by atoms with E-state index in [1.165, 1.54) is 5.56 Å². The van der Waals surface area contributed by atoms with Crippen LogP contribution in [0.3, 0.4) is 0 Å². The maximum Gasteiger partial charge on any atom is 0.333 e. The Morgan fingerprint density at radius 2 is 1.81 bits per heavy atom. The number of hydrogen-bond acceptors (Lipinski definition) is 5. The van der Waals surface area contributed by atoms with Gasteiger partial charge in [0.25, 0.3) is 0 Å². The number of pyridine rings is 1. The highest BCUT2D eigenvalue weighted by Gasteiger charge is 2.17. The minimum atomic E-state index is -0.00296. The summed E-state index contributed by atoms with van der Waals surface area (Å²) in [5, 5.41) is 14.4. The molecule has 0 saturated carbocycles. The number of tetrazole rings is 1. The normalized spacial score (nSPS) is 11.4. The molecule has 5 aromatic rings. The Kier molecular flexibility index (Phi) is 7.07. The summed E-state index contributed by atoms with van der Waals surface area (Å²) in [6, 6.07) is 18.4. The fraction of sp³-hybridized carbons (Fsp3) is 0.276. The van der Waals surface area contributed by atoms with Crippen LogP contribution in [0, 0.1) is 0 Å². The number of H-pyrrole nitrogens is 1. The molecule has 2 aromatic carbocycles. The smallest absolute Gasteiger partial charge is 0.292 e. The van der Waals surface area contributed by atoms with Crippen LogP contribution in [-0.4, -0.2) is 34.7 Å². The summed E-state index contributed by atoms with van der Waals surface area (Å²) in [7, 11) is 0. The zero-order valence-corrected chi connectivity index (χ0v) is 21.4. The highest BCUT2D eigenvalue weighted by Crippen LogP contribution is 2.29. The number of imidazole rings is 1. The number of aryl methyl sites for hydroxylation is 1. The molecule has 0 radical (unpaired) electrons. The van der Waals surface area contributed by atoms with Crippen molar-refractivity contribution in [2.75, 3.05) is 0 Å².